The molecule has 0 saturated heterocycles. The number of hydrogen-bond donors (Lipinski definition) is 1. The quantitative estimate of drug-likeness (QED) is 0.782. The van der Waals surface area contributed by atoms with Gasteiger partial charge in [-0.25, -0.2) is 4.98 Å². The minimum Gasteiger partial charge on any atom is -0.497 e. The molecule has 3 aromatic rings. The fourth-order valence-corrected chi connectivity index (χ4v) is 2.12. The number of methoxy groups -OCH3 is 2. The Kier molecular flexibility index (Phi) is 3.64. The predicted octanol–water partition coefficient (Wildman–Crippen LogP) is 3.16. The van der Waals surface area contributed by atoms with E-state index in [2.05, 4.69) is 9.97 Å². The SMILES string of the molecule is COc1ccc2nc(COc3ccccc3OC)[nH]c2c1. The molecule has 3 rings (SSSR count). The average Bonchev–Trinajstić information content (AvgIpc) is 2.94. The van der Waals surface area contributed by atoms with E-state index in [1.54, 1.807) is 14.2 Å². The second kappa shape index (κ2) is 5.75. The molecule has 0 amide bonds. The minimum atomic E-state index is 0.345. The van der Waals surface area contributed by atoms with Crippen molar-refractivity contribution < 1.29 is 14.2 Å². The van der Waals surface area contributed by atoms with Gasteiger partial charge >= 0.3 is 0 Å². The molecule has 5 heteroatoms. The van der Waals surface area contributed by atoms with Crippen LogP contribution in [0.4, 0.5) is 0 Å². The van der Waals surface area contributed by atoms with E-state index < -0.39 is 0 Å². The molecular weight excluding hydrogens is 268 g/mol. The maximum absolute atomic E-state index is 5.75. The highest BCUT2D eigenvalue weighted by Crippen LogP contribution is 2.26. The number of fused-ring (bicyclic) bond motifs is 1. The molecule has 0 bridgehead atoms. The van der Waals surface area contributed by atoms with Crippen LogP contribution in [-0.2, 0) is 6.61 Å². The average molecular weight is 284 g/mol. The van der Waals surface area contributed by atoms with Crippen LogP contribution in [0.15, 0.2) is 42.5 Å². The number of aromatic nitrogens is 2. The van der Waals surface area contributed by atoms with Gasteiger partial charge in [0.05, 0.1) is 25.3 Å². The molecule has 0 aliphatic rings. The molecule has 21 heavy (non-hydrogen) atoms. The van der Waals surface area contributed by atoms with Gasteiger partial charge in [0.25, 0.3) is 0 Å². The van der Waals surface area contributed by atoms with E-state index >= 15 is 0 Å². The van der Waals surface area contributed by atoms with Crippen LogP contribution in [0.25, 0.3) is 11.0 Å². The summed E-state index contributed by atoms with van der Waals surface area (Å²) in [5.41, 5.74) is 1.81. The highest BCUT2D eigenvalue weighted by atomic mass is 16.5. The van der Waals surface area contributed by atoms with E-state index in [9.17, 15) is 0 Å². The van der Waals surface area contributed by atoms with Crippen molar-refractivity contribution in [1.29, 1.82) is 0 Å². The Morgan fingerprint density at radius 2 is 1.81 bits per heavy atom. The monoisotopic (exact) mass is 284 g/mol. The summed E-state index contributed by atoms with van der Waals surface area (Å²) in [7, 11) is 3.26. The zero-order chi connectivity index (χ0) is 14.7. The van der Waals surface area contributed by atoms with Crippen molar-refractivity contribution in [2.24, 2.45) is 0 Å². The van der Waals surface area contributed by atoms with Crippen LogP contribution in [0.5, 0.6) is 17.2 Å². The van der Waals surface area contributed by atoms with Crippen molar-refractivity contribution in [3.8, 4) is 17.2 Å². The summed E-state index contributed by atoms with van der Waals surface area (Å²) >= 11 is 0. The number of nitrogens with zero attached hydrogens (tertiary/aromatic N) is 1. The van der Waals surface area contributed by atoms with E-state index in [-0.39, 0.29) is 0 Å². The molecule has 0 atom stereocenters. The van der Waals surface area contributed by atoms with Crippen LogP contribution >= 0.6 is 0 Å². The van der Waals surface area contributed by atoms with E-state index in [1.807, 2.05) is 42.5 Å². The van der Waals surface area contributed by atoms with E-state index in [4.69, 9.17) is 14.2 Å². The molecule has 1 heterocycles. The van der Waals surface area contributed by atoms with Crippen molar-refractivity contribution in [3.05, 3.63) is 48.3 Å². The topological polar surface area (TPSA) is 56.4 Å². The summed E-state index contributed by atoms with van der Waals surface area (Å²) in [6.45, 7) is 0.345. The van der Waals surface area contributed by atoms with Gasteiger partial charge < -0.3 is 19.2 Å². The Balaban J connectivity index is 1.79. The van der Waals surface area contributed by atoms with Gasteiger partial charge in [-0.05, 0) is 24.3 Å². The van der Waals surface area contributed by atoms with Crippen LogP contribution in [0.2, 0.25) is 0 Å². The molecular formula is C16H16N2O3. The lowest BCUT2D eigenvalue weighted by molar-refractivity contribution is 0.277. The Hall–Kier alpha value is -2.69. The van der Waals surface area contributed by atoms with Crippen LogP contribution < -0.4 is 14.2 Å². The van der Waals surface area contributed by atoms with Crippen molar-refractivity contribution >= 4 is 11.0 Å². The molecule has 1 N–H and O–H groups in total. The predicted molar refractivity (Wildman–Crippen MR) is 80.0 cm³/mol. The number of aromatic amines is 1. The molecule has 108 valence electrons. The normalized spacial score (nSPS) is 10.6. The molecule has 0 aliphatic heterocycles. The second-order valence-corrected chi connectivity index (χ2v) is 4.51. The Morgan fingerprint density at radius 3 is 2.57 bits per heavy atom. The van der Waals surface area contributed by atoms with Gasteiger partial charge in [-0.2, -0.15) is 0 Å². The number of hydrogen-bond acceptors (Lipinski definition) is 4. The number of H-pyrrole nitrogens is 1. The smallest absolute Gasteiger partial charge is 0.161 e. The van der Waals surface area contributed by atoms with Gasteiger partial charge in [0.2, 0.25) is 0 Å². The number of ether oxygens (including phenoxy) is 3. The summed E-state index contributed by atoms with van der Waals surface area (Å²) < 4.78 is 16.2. The molecule has 0 fully saturated rings. The van der Waals surface area contributed by atoms with Gasteiger partial charge in [-0.15, -0.1) is 0 Å². The largest absolute Gasteiger partial charge is 0.497 e. The number of para-hydroxylation sites is 2. The molecule has 0 radical (unpaired) electrons. The summed E-state index contributed by atoms with van der Waals surface area (Å²) in [5, 5.41) is 0. The third kappa shape index (κ3) is 2.76. The van der Waals surface area contributed by atoms with Crippen molar-refractivity contribution in [2.45, 2.75) is 6.61 Å². The summed E-state index contributed by atoms with van der Waals surface area (Å²) in [5.74, 6) is 2.95. The van der Waals surface area contributed by atoms with Crippen molar-refractivity contribution in [3.63, 3.8) is 0 Å². The van der Waals surface area contributed by atoms with Crippen molar-refractivity contribution in [1.82, 2.24) is 9.97 Å². The number of imidazole rings is 1. The first-order valence-electron chi connectivity index (χ1n) is 6.58. The first-order chi connectivity index (χ1) is 10.3. The van der Waals surface area contributed by atoms with E-state index in [1.165, 1.54) is 0 Å². The van der Waals surface area contributed by atoms with Crippen LogP contribution in [0.3, 0.4) is 0 Å². The third-order valence-electron chi connectivity index (χ3n) is 3.17. The zero-order valence-corrected chi connectivity index (χ0v) is 11.9. The van der Waals surface area contributed by atoms with Gasteiger partial charge in [-0.1, -0.05) is 12.1 Å². The fraction of sp³-hybridized carbons (Fsp3) is 0.188. The molecule has 5 nitrogen and oxygen atoms in total. The first kappa shape index (κ1) is 13.3. The molecule has 1 aromatic heterocycles. The molecule has 0 unspecified atom stereocenters. The van der Waals surface area contributed by atoms with Crippen LogP contribution in [-0.4, -0.2) is 24.2 Å². The van der Waals surface area contributed by atoms with E-state index in [0.29, 0.717) is 18.1 Å². The van der Waals surface area contributed by atoms with Gasteiger partial charge in [0, 0.05) is 6.07 Å². The van der Waals surface area contributed by atoms with E-state index in [0.717, 1.165) is 22.6 Å². The maximum atomic E-state index is 5.75. The van der Waals surface area contributed by atoms with Crippen molar-refractivity contribution in [2.75, 3.05) is 14.2 Å². The second-order valence-electron chi connectivity index (χ2n) is 4.51. The standard InChI is InChI=1S/C16H16N2O3/c1-19-11-7-8-12-13(9-11)18-16(17-12)10-21-15-6-4-3-5-14(15)20-2/h3-9H,10H2,1-2H3,(H,17,18). The Morgan fingerprint density at radius 1 is 1.00 bits per heavy atom. The lowest BCUT2D eigenvalue weighted by Gasteiger charge is -2.08. The Labute approximate surface area is 122 Å². The third-order valence-corrected chi connectivity index (χ3v) is 3.17. The minimum absolute atomic E-state index is 0.345. The summed E-state index contributed by atoms with van der Waals surface area (Å²) in [6, 6.07) is 13.2. The zero-order valence-electron chi connectivity index (χ0n) is 11.9. The van der Waals surface area contributed by atoms with Gasteiger partial charge in [0.15, 0.2) is 11.5 Å². The Bertz CT molecular complexity index is 752. The van der Waals surface area contributed by atoms with Crippen LogP contribution in [0, 0.1) is 0 Å². The van der Waals surface area contributed by atoms with Crippen LogP contribution in [0.1, 0.15) is 5.82 Å². The molecule has 0 spiro atoms. The molecule has 2 aromatic carbocycles. The van der Waals surface area contributed by atoms with Gasteiger partial charge in [0.1, 0.15) is 18.2 Å². The molecule has 0 aliphatic carbocycles. The number of nitrogens with one attached hydrogen (secondary N) is 1. The summed E-state index contributed by atoms with van der Waals surface area (Å²) in [4.78, 5) is 7.70. The lowest BCUT2D eigenvalue weighted by atomic mass is 10.3. The highest BCUT2D eigenvalue weighted by molar-refractivity contribution is 5.76. The molecule has 0 saturated carbocycles. The maximum Gasteiger partial charge on any atom is 0.161 e. The number of benzene rings is 2. The lowest BCUT2D eigenvalue weighted by Crippen LogP contribution is -1.99. The summed E-state index contributed by atoms with van der Waals surface area (Å²) in [6.07, 6.45) is 0. The highest BCUT2D eigenvalue weighted by Gasteiger charge is 2.07. The number of rotatable bonds is 5. The fourth-order valence-electron chi connectivity index (χ4n) is 2.12. The first-order valence-corrected chi connectivity index (χ1v) is 6.58. The van der Waals surface area contributed by atoms with Gasteiger partial charge in [-0.3, -0.25) is 0 Å².